The number of aromatic hydroxyl groups is 1. The molecule has 0 aliphatic carbocycles. The molecule has 0 spiro atoms. The zero-order chi connectivity index (χ0) is 22.8. The minimum absolute atomic E-state index is 0.0361. The number of hydrogen-bond donors (Lipinski definition) is 2. The number of nitrogens with zero attached hydrogens (tertiary/aromatic N) is 2. The van der Waals surface area contributed by atoms with Gasteiger partial charge in [0, 0.05) is 17.8 Å². The number of nitrogens with one attached hydrogen (secondary N) is 1. The molecule has 1 heterocycles. The first-order valence-electron chi connectivity index (χ1n) is 9.68. The van der Waals surface area contributed by atoms with E-state index in [0.717, 1.165) is 11.1 Å². The van der Waals surface area contributed by atoms with Crippen LogP contribution in [0.2, 0.25) is 0 Å². The number of phenolic OH excluding ortho intramolecular Hbond substituents is 1. The van der Waals surface area contributed by atoms with E-state index in [1.54, 1.807) is 12.1 Å². The van der Waals surface area contributed by atoms with Crippen LogP contribution in [0.15, 0.2) is 59.0 Å². The minimum Gasteiger partial charge on any atom is -0.507 e. The van der Waals surface area contributed by atoms with Crippen molar-refractivity contribution in [2.24, 2.45) is 0 Å². The van der Waals surface area contributed by atoms with Crippen molar-refractivity contribution in [1.29, 1.82) is 0 Å². The first kappa shape index (κ1) is 20.9. The van der Waals surface area contributed by atoms with Crippen molar-refractivity contribution in [3.8, 4) is 23.0 Å². The summed E-state index contributed by atoms with van der Waals surface area (Å²) in [5, 5.41) is 23.7. The third-order valence-corrected chi connectivity index (χ3v) is 4.75. The topological polar surface area (TPSA) is 128 Å². The molecular formula is C23H19N3O6. The molecule has 0 unspecified atom stereocenters. The number of oxazole rings is 1. The summed E-state index contributed by atoms with van der Waals surface area (Å²) in [6.45, 7) is 3.59. The van der Waals surface area contributed by atoms with Gasteiger partial charge in [0.2, 0.25) is 5.89 Å². The van der Waals surface area contributed by atoms with Crippen molar-refractivity contribution in [2.75, 3.05) is 11.9 Å². The summed E-state index contributed by atoms with van der Waals surface area (Å²) < 4.78 is 11.2. The fourth-order valence-corrected chi connectivity index (χ4v) is 3.29. The van der Waals surface area contributed by atoms with Gasteiger partial charge in [-0.1, -0.05) is 6.07 Å². The minimum atomic E-state index is -0.516. The van der Waals surface area contributed by atoms with Crippen molar-refractivity contribution >= 4 is 28.4 Å². The Bertz CT molecular complexity index is 1330. The highest BCUT2D eigenvalue weighted by Crippen LogP contribution is 2.34. The van der Waals surface area contributed by atoms with Gasteiger partial charge in [-0.15, -0.1) is 0 Å². The number of hydrogen-bond acceptors (Lipinski definition) is 7. The van der Waals surface area contributed by atoms with Gasteiger partial charge in [0.25, 0.3) is 11.6 Å². The maximum absolute atomic E-state index is 12.3. The number of nitro groups is 1. The Labute approximate surface area is 182 Å². The van der Waals surface area contributed by atoms with Crippen molar-refractivity contribution in [1.82, 2.24) is 4.98 Å². The normalized spacial score (nSPS) is 10.8. The van der Waals surface area contributed by atoms with Crippen molar-refractivity contribution in [2.45, 2.75) is 13.8 Å². The van der Waals surface area contributed by atoms with E-state index >= 15 is 0 Å². The van der Waals surface area contributed by atoms with E-state index < -0.39 is 10.8 Å². The second-order valence-electron chi connectivity index (χ2n) is 7.27. The number of phenols is 1. The van der Waals surface area contributed by atoms with Crippen molar-refractivity contribution in [3.63, 3.8) is 0 Å². The lowest BCUT2D eigenvalue weighted by Crippen LogP contribution is -2.20. The highest BCUT2D eigenvalue weighted by molar-refractivity contribution is 5.93. The predicted octanol–water partition coefficient (Wildman–Crippen LogP) is 4.74. The molecule has 32 heavy (non-hydrogen) atoms. The van der Waals surface area contributed by atoms with Crippen LogP contribution in [0.5, 0.6) is 11.5 Å². The van der Waals surface area contributed by atoms with Crippen LogP contribution in [0.25, 0.3) is 22.6 Å². The number of amides is 1. The summed E-state index contributed by atoms with van der Waals surface area (Å²) in [7, 11) is 0. The maximum Gasteiger partial charge on any atom is 0.269 e. The van der Waals surface area contributed by atoms with Crippen LogP contribution in [0.3, 0.4) is 0 Å². The zero-order valence-electron chi connectivity index (χ0n) is 17.3. The third-order valence-electron chi connectivity index (χ3n) is 4.75. The van der Waals surface area contributed by atoms with Crippen molar-refractivity contribution in [3.05, 3.63) is 75.8 Å². The molecule has 1 amide bonds. The van der Waals surface area contributed by atoms with Gasteiger partial charge < -0.3 is 19.6 Å². The molecule has 2 N–H and O–H groups in total. The van der Waals surface area contributed by atoms with E-state index in [9.17, 15) is 20.0 Å². The number of carbonyl (C=O) groups excluding carboxylic acids is 1. The van der Waals surface area contributed by atoms with E-state index in [1.165, 1.54) is 30.3 Å². The number of fused-ring (bicyclic) bond motifs is 1. The number of rotatable bonds is 6. The number of non-ortho nitro benzene ring substituents is 1. The molecular weight excluding hydrogens is 414 g/mol. The fourth-order valence-electron chi connectivity index (χ4n) is 3.29. The fraction of sp³-hybridized carbons (Fsp3) is 0.130. The molecule has 0 saturated heterocycles. The number of nitro benzene ring substituents is 1. The molecule has 9 heteroatoms. The smallest absolute Gasteiger partial charge is 0.269 e. The first-order valence-corrected chi connectivity index (χ1v) is 9.68. The van der Waals surface area contributed by atoms with Gasteiger partial charge in [0.05, 0.1) is 10.5 Å². The average Bonchev–Trinajstić information content (AvgIpc) is 3.18. The van der Waals surface area contributed by atoms with Gasteiger partial charge in [0.1, 0.15) is 17.0 Å². The molecule has 0 aliphatic rings. The summed E-state index contributed by atoms with van der Waals surface area (Å²) in [5.74, 6) is 0.0915. The molecule has 0 radical (unpaired) electrons. The first-order chi connectivity index (χ1) is 15.3. The van der Waals surface area contributed by atoms with E-state index in [4.69, 9.17) is 9.15 Å². The summed E-state index contributed by atoms with van der Waals surface area (Å²) in [4.78, 5) is 26.9. The summed E-state index contributed by atoms with van der Waals surface area (Å²) in [6.07, 6.45) is 0. The van der Waals surface area contributed by atoms with Gasteiger partial charge in [0.15, 0.2) is 12.2 Å². The van der Waals surface area contributed by atoms with Gasteiger partial charge in [-0.05, 0) is 61.4 Å². The Morgan fingerprint density at radius 1 is 1.16 bits per heavy atom. The lowest BCUT2D eigenvalue weighted by Gasteiger charge is -2.09. The van der Waals surface area contributed by atoms with Gasteiger partial charge >= 0.3 is 0 Å². The van der Waals surface area contributed by atoms with E-state index in [1.807, 2.05) is 26.0 Å². The molecule has 3 aromatic carbocycles. The average molecular weight is 433 g/mol. The number of aryl methyl sites for hydroxylation is 2. The van der Waals surface area contributed by atoms with Crippen molar-refractivity contribution < 1.29 is 24.0 Å². The van der Waals surface area contributed by atoms with Gasteiger partial charge in [-0.2, -0.15) is 0 Å². The maximum atomic E-state index is 12.3. The Hall–Kier alpha value is -4.40. The van der Waals surface area contributed by atoms with Crippen LogP contribution in [0.1, 0.15) is 11.1 Å². The number of anilines is 1. The molecule has 4 aromatic rings. The van der Waals surface area contributed by atoms with Crippen LogP contribution in [-0.4, -0.2) is 27.5 Å². The summed E-state index contributed by atoms with van der Waals surface area (Å²) in [5.41, 5.74) is 4.00. The summed E-state index contributed by atoms with van der Waals surface area (Å²) >= 11 is 0. The van der Waals surface area contributed by atoms with Crippen LogP contribution >= 0.6 is 0 Å². The SMILES string of the molecule is Cc1cc(C)c2oc(-c3cc(NC(=O)COc4ccc([N+](=O)[O-])cc4)ccc3O)nc2c1. The van der Waals surface area contributed by atoms with Crippen LogP contribution < -0.4 is 10.1 Å². The molecule has 9 nitrogen and oxygen atoms in total. The Morgan fingerprint density at radius 2 is 1.91 bits per heavy atom. The molecule has 0 aliphatic heterocycles. The van der Waals surface area contributed by atoms with E-state index in [0.29, 0.717) is 28.1 Å². The predicted molar refractivity (Wildman–Crippen MR) is 118 cm³/mol. The number of aromatic nitrogens is 1. The quantitative estimate of drug-likeness (QED) is 0.255. The molecule has 162 valence electrons. The number of ether oxygens (including phenoxy) is 1. The third kappa shape index (κ3) is 4.36. The second-order valence-corrected chi connectivity index (χ2v) is 7.27. The monoisotopic (exact) mass is 433 g/mol. The lowest BCUT2D eigenvalue weighted by atomic mass is 10.1. The van der Waals surface area contributed by atoms with Gasteiger partial charge in [-0.25, -0.2) is 4.98 Å². The van der Waals surface area contributed by atoms with Crippen LogP contribution in [-0.2, 0) is 4.79 Å². The van der Waals surface area contributed by atoms with Crippen LogP contribution in [0, 0.1) is 24.0 Å². The molecule has 0 atom stereocenters. The Kier molecular flexibility index (Phi) is 5.46. The number of benzene rings is 3. The molecule has 4 rings (SSSR count). The molecule has 0 saturated carbocycles. The summed E-state index contributed by atoms with van der Waals surface area (Å²) in [6, 6.07) is 13.8. The van der Waals surface area contributed by atoms with Crippen LogP contribution in [0.4, 0.5) is 11.4 Å². The highest BCUT2D eigenvalue weighted by Gasteiger charge is 2.16. The van der Waals surface area contributed by atoms with E-state index in [-0.39, 0.29) is 23.9 Å². The van der Waals surface area contributed by atoms with E-state index in [2.05, 4.69) is 10.3 Å². The molecule has 1 aromatic heterocycles. The second kappa shape index (κ2) is 8.38. The Morgan fingerprint density at radius 3 is 2.62 bits per heavy atom. The number of carbonyl (C=O) groups is 1. The Balaban J connectivity index is 1.48. The zero-order valence-corrected chi connectivity index (χ0v) is 17.3. The highest BCUT2D eigenvalue weighted by atomic mass is 16.6. The standard InChI is InChI=1S/C23H19N3O6/c1-13-9-14(2)22-19(10-13)25-23(32-22)18-11-15(3-8-20(18)27)24-21(28)12-31-17-6-4-16(5-7-17)26(29)30/h3-11,27H,12H2,1-2H3,(H,24,28). The molecule has 0 bridgehead atoms. The molecule has 0 fully saturated rings. The van der Waals surface area contributed by atoms with Gasteiger partial charge in [-0.3, -0.25) is 14.9 Å². The lowest BCUT2D eigenvalue weighted by molar-refractivity contribution is -0.384. The largest absolute Gasteiger partial charge is 0.507 e.